The van der Waals surface area contributed by atoms with Crippen molar-refractivity contribution >= 4 is 11.9 Å². The summed E-state index contributed by atoms with van der Waals surface area (Å²) in [5.74, 6) is 1.45. The Morgan fingerprint density at radius 3 is 2.67 bits per heavy atom. The number of carbonyl (C=O) groups is 1. The molecule has 0 spiro atoms. The van der Waals surface area contributed by atoms with E-state index in [1.54, 1.807) is 0 Å². The number of amides is 1. The maximum Gasteiger partial charge on any atom is 0.272 e. The van der Waals surface area contributed by atoms with Gasteiger partial charge in [-0.1, -0.05) is 6.92 Å². The van der Waals surface area contributed by atoms with E-state index in [0.29, 0.717) is 11.6 Å². The molecule has 2 saturated heterocycles. The number of aromatic nitrogens is 2. The minimum atomic E-state index is 0.0595. The zero-order valence-corrected chi connectivity index (χ0v) is 13.0. The first-order valence-corrected chi connectivity index (χ1v) is 8.03. The fourth-order valence-electron chi connectivity index (χ4n) is 3.26. The van der Waals surface area contributed by atoms with Crippen LogP contribution >= 0.6 is 0 Å². The second kappa shape index (κ2) is 6.00. The van der Waals surface area contributed by atoms with Crippen molar-refractivity contribution in [2.75, 3.05) is 31.1 Å². The van der Waals surface area contributed by atoms with Crippen molar-refractivity contribution in [1.29, 1.82) is 0 Å². The van der Waals surface area contributed by atoms with Crippen LogP contribution in [0.4, 0.5) is 5.95 Å². The Morgan fingerprint density at radius 1 is 1.19 bits per heavy atom. The van der Waals surface area contributed by atoms with Crippen LogP contribution in [0.3, 0.4) is 0 Å². The summed E-state index contributed by atoms with van der Waals surface area (Å²) in [7, 11) is 0. The van der Waals surface area contributed by atoms with Gasteiger partial charge >= 0.3 is 0 Å². The van der Waals surface area contributed by atoms with E-state index in [9.17, 15) is 4.79 Å². The van der Waals surface area contributed by atoms with E-state index < -0.39 is 0 Å². The molecule has 5 nitrogen and oxygen atoms in total. The Hall–Kier alpha value is -1.65. The summed E-state index contributed by atoms with van der Waals surface area (Å²) < 4.78 is 0. The number of hydrogen-bond donors (Lipinski definition) is 0. The summed E-state index contributed by atoms with van der Waals surface area (Å²) in [6.07, 6.45) is 4.65. The van der Waals surface area contributed by atoms with Crippen LogP contribution in [0.15, 0.2) is 6.07 Å². The fraction of sp³-hybridized carbons (Fsp3) is 0.688. The molecule has 2 fully saturated rings. The summed E-state index contributed by atoms with van der Waals surface area (Å²) in [4.78, 5) is 25.8. The van der Waals surface area contributed by atoms with Gasteiger partial charge in [0.15, 0.2) is 0 Å². The van der Waals surface area contributed by atoms with Crippen molar-refractivity contribution in [3.05, 3.63) is 17.5 Å². The number of nitrogens with zero attached hydrogens (tertiary/aromatic N) is 4. The van der Waals surface area contributed by atoms with Crippen LogP contribution in [0, 0.1) is 12.8 Å². The quantitative estimate of drug-likeness (QED) is 0.837. The molecule has 1 atom stereocenters. The van der Waals surface area contributed by atoms with Gasteiger partial charge < -0.3 is 9.80 Å². The molecule has 3 heterocycles. The number of aryl methyl sites for hydroxylation is 1. The second-order valence-corrected chi connectivity index (χ2v) is 6.39. The molecule has 3 rings (SSSR count). The van der Waals surface area contributed by atoms with Gasteiger partial charge in [-0.05, 0) is 44.6 Å². The third kappa shape index (κ3) is 3.17. The van der Waals surface area contributed by atoms with Crippen molar-refractivity contribution < 1.29 is 4.79 Å². The second-order valence-electron chi connectivity index (χ2n) is 6.39. The Kier molecular flexibility index (Phi) is 4.08. The highest BCUT2D eigenvalue weighted by Crippen LogP contribution is 2.21. The topological polar surface area (TPSA) is 49.3 Å². The average Bonchev–Trinajstić information content (AvgIpc) is 3.00. The van der Waals surface area contributed by atoms with Crippen molar-refractivity contribution in [3.63, 3.8) is 0 Å². The van der Waals surface area contributed by atoms with Crippen LogP contribution in [0.2, 0.25) is 0 Å². The van der Waals surface area contributed by atoms with Crippen LogP contribution in [-0.2, 0) is 0 Å². The first kappa shape index (κ1) is 14.3. The molecule has 114 valence electrons. The number of likely N-dealkylation sites (tertiary alicyclic amines) is 1. The monoisotopic (exact) mass is 288 g/mol. The van der Waals surface area contributed by atoms with E-state index >= 15 is 0 Å². The lowest BCUT2D eigenvalue weighted by molar-refractivity contribution is 0.0786. The molecule has 1 aromatic heterocycles. The first-order chi connectivity index (χ1) is 10.1. The predicted molar refractivity (Wildman–Crippen MR) is 82.5 cm³/mol. The van der Waals surface area contributed by atoms with Crippen molar-refractivity contribution in [3.8, 4) is 0 Å². The third-order valence-corrected chi connectivity index (χ3v) is 4.39. The van der Waals surface area contributed by atoms with E-state index in [-0.39, 0.29) is 5.91 Å². The van der Waals surface area contributed by atoms with Crippen molar-refractivity contribution in [2.45, 2.75) is 39.5 Å². The molecule has 0 radical (unpaired) electrons. The lowest BCUT2D eigenvalue weighted by Gasteiger charge is -2.31. The van der Waals surface area contributed by atoms with E-state index in [1.165, 1.54) is 12.8 Å². The van der Waals surface area contributed by atoms with Gasteiger partial charge in [0.2, 0.25) is 5.95 Å². The van der Waals surface area contributed by atoms with E-state index in [4.69, 9.17) is 0 Å². The Balaban J connectivity index is 1.83. The van der Waals surface area contributed by atoms with Gasteiger partial charge in [0, 0.05) is 31.9 Å². The molecule has 2 aliphatic rings. The number of rotatable bonds is 2. The predicted octanol–water partition coefficient (Wildman–Crippen LogP) is 2.26. The molecular weight excluding hydrogens is 264 g/mol. The SMILES string of the molecule is Cc1cc(C(=O)N2CCCC2)nc(N2CCCC(C)C2)n1. The minimum absolute atomic E-state index is 0.0595. The normalized spacial score (nSPS) is 22.7. The number of anilines is 1. The molecule has 1 unspecified atom stereocenters. The van der Waals surface area contributed by atoms with Gasteiger partial charge in [-0.2, -0.15) is 0 Å². The zero-order chi connectivity index (χ0) is 14.8. The van der Waals surface area contributed by atoms with Crippen LogP contribution < -0.4 is 4.90 Å². The van der Waals surface area contributed by atoms with Gasteiger partial charge in [0.25, 0.3) is 5.91 Å². The third-order valence-electron chi connectivity index (χ3n) is 4.39. The number of carbonyl (C=O) groups excluding carboxylic acids is 1. The fourth-order valence-corrected chi connectivity index (χ4v) is 3.26. The summed E-state index contributed by atoms with van der Waals surface area (Å²) in [6.45, 7) is 7.90. The standard InChI is InChI=1S/C16H24N4O/c1-12-6-5-9-20(11-12)16-17-13(2)10-14(18-16)15(21)19-7-3-4-8-19/h10,12H,3-9,11H2,1-2H3. The van der Waals surface area contributed by atoms with E-state index in [2.05, 4.69) is 21.8 Å². The molecule has 0 bridgehead atoms. The van der Waals surface area contributed by atoms with Crippen LogP contribution in [-0.4, -0.2) is 47.0 Å². The molecule has 2 aliphatic heterocycles. The van der Waals surface area contributed by atoms with Crippen molar-refractivity contribution in [1.82, 2.24) is 14.9 Å². The molecule has 5 heteroatoms. The van der Waals surface area contributed by atoms with Gasteiger partial charge in [0.1, 0.15) is 5.69 Å². The molecule has 0 saturated carbocycles. The highest BCUT2D eigenvalue weighted by molar-refractivity contribution is 5.92. The molecular formula is C16H24N4O. The Bertz CT molecular complexity index is 525. The number of hydrogen-bond acceptors (Lipinski definition) is 4. The largest absolute Gasteiger partial charge is 0.341 e. The smallest absolute Gasteiger partial charge is 0.272 e. The molecule has 0 N–H and O–H groups in total. The van der Waals surface area contributed by atoms with E-state index in [1.807, 2.05) is 17.9 Å². The van der Waals surface area contributed by atoms with E-state index in [0.717, 1.165) is 50.7 Å². The van der Waals surface area contributed by atoms with Gasteiger partial charge in [-0.3, -0.25) is 4.79 Å². The zero-order valence-electron chi connectivity index (χ0n) is 13.0. The highest BCUT2D eigenvalue weighted by Gasteiger charge is 2.24. The van der Waals surface area contributed by atoms with Gasteiger partial charge in [0.05, 0.1) is 0 Å². The molecule has 21 heavy (non-hydrogen) atoms. The summed E-state index contributed by atoms with van der Waals surface area (Å²) in [5.41, 5.74) is 1.43. The van der Waals surface area contributed by atoms with Crippen LogP contribution in [0.1, 0.15) is 48.8 Å². The van der Waals surface area contributed by atoms with Crippen molar-refractivity contribution in [2.24, 2.45) is 5.92 Å². The lowest BCUT2D eigenvalue weighted by Crippen LogP contribution is -2.36. The van der Waals surface area contributed by atoms with Crippen LogP contribution in [0.5, 0.6) is 0 Å². The number of piperidine rings is 1. The molecule has 0 aliphatic carbocycles. The summed E-state index contributed by atoms with van der Waals surface area (Å²) in [6, 6.07) is 1.82. The van der Waals surface area contributed by atoms with Crippen LogP contribution in [0.25, 0.3) is 0 Å². The molecule has 1 aromatic rings. The highest BCUT2D eigenvalue weighted by atomic mass is 16.2. The minimum Gasteiger partial charge on any atom is -0.341 e. The molecule has 0 aromatic carbocycles. The first-order valence-electron chi connectivity index (χ1n) is 8.03. The summed E-state index contributed by atoms with van der Waals surface area (Å²) >= 11 is 0. The molecule has 1 amide bonds. The summed E-state index contributed by atoms with van der Waals surface area (Å²) in [5, 5.41) is 0. The lowest BCUT2D eigenvalue weighted by atomic mass is 10.0. The average molecular weight is 288 g/mol. The maximum absolute atomic E-state index is 12.5. The van der Waals surface area contributed by atoms with Gasteiger partial charge in [-0.25, -0.2) is 9.97 Å². The Labute approximate surface area is 126 Å². The van der Waals surface area contributed by atoms with Gasteiger partial charge in [-0.15, -0.1) is 0 Å². The maximum atomic E-state index is 12.5. The Morgan fingerprint density at radius 2 is 1.95 bits per heavy atom.